The summed E-state index contributed by atoms with van der Waals surface area (Å²) in [6.07, 6.45) is 1.41. The number of benzene rings is 2. The highest BCUT2D eigenvalue weighted by molar-refractivity contribution is 5.94. The molecule has 2 aromatic rings. The standard InChI is InChI=1S/C25H31N3O3/c1-26-23(29)20-8-6-7-19(17-20)22-18-28(14-13-27(22)2)24(30)25(11-15-31-16-12-25)21-9-4-3-5-10-21/h3-10,17,22H,11-16,18H2,1-2H3,(H,26,29)/t22-/m0/s1. The van der Waals surface area contributed by atoms with Crippen molar-refractivity contribution in [3.8, 4) is 0 Å². The van der Waals surface area contributed by atoms with Crippen LogP contribution in [-0.2, 0) is 14.9 Å². The molecule has 31 heavy (non-hydrogen) atoms. The van der Waals surface area contributed by atoms with E-state index < -0.39 is 5.41 Å². The largest absolute Gasteiger partial charge is 0.381 e. The van der Waals surface area contributed by atoms with Gasteiger partial charge in [-0.25, -0.2) is 0 Å². The van der Waals surface area contributed by atoms with Crippen molar-refractivity contribution in [2.75, 3.05) is 46.9 Å². The molecule has 2 amide bonds. The van der Waals surface area contributed by atoms with Gasteiger partial charge in [-0.2, -0.15) is 0 Å². The molecule has 0 spiro atoms. The number of hydrogen-bond acceptors (Lipinski definition) is 4. The maximum atomic E-state index is 14.0. The van der Waals surface area contributed by atoms with Crippen molar-refractivity contribution >= 4 is 11.8 Å². The normalized spacial score (nSPS) is 21.5. The first-order valence-corrected chi connectivity index (χ1v) is 11.0. The highest BCUT2D eigenvalue weighted by Gasteiger charge is 2.45. The Kier molecular flexibility index (Phi) is 6.39. The average Bonchev–Trinajstić information content (AvgIpc) is 2.84. The number of nitrogens with zero attached hydrogens (tertiary/aromatic N) is 2. The number of ether oxygens (including phenoxy) is 1. The van der Waals surface area contributed by atoms with Crippen LogP contribution in [0.1, 0.15) is 40.4 Å². The predicted octanol–water partition coefficient (Wildman–Crippen LogP) is 2.61. The van der Waals surface area contributed by atoms with Crippen molar-refractivity contribution in [1.82, 2.24) is 15.1 Å². The summed E-state index contributed by atoms with van der Waals surface area (Å²) in [6, 6.07) is 17.9. The Morgan fingerprint density at radius 2 is 1.77 bits per heavy atom. The van der Waals surface area contributed by atoms with Gasteiger partial charge in [0.15, 0.2) is 0 Å². The van der Waals surface area contributed by atoms with E-state index in [4.69, 9.17) is 4.74 Å². The SMILES string of the molecule is CNC(=O)c1cccc([C@@H]2CN(C(=O)C3(c4ccccc4)CCOCC3)CCN2C)c1. The van der Waals surface area contributed by atoms with Gasteiger partial charge in [0.25, 0.3) is 5.91 Å². The lowest BCUT2D eigenvalue weighted by molar-refractivity contribution is -0.144. The lowest BCUT2D eigenvalue weighted by atomic mass is 9.72. The van der Waals surface area contributed by atoms with Gasteiger partial charge in [0.1, 0.15) is 0 Å². The smallest absolute Gasteiger partial charge is 0.251 e. The van der Waals surface area contributed by atoms with Crippen molar-refractivity contribution in [3.63, 3.8) is 0 Å². The van der Waals surface area contributed by atoms with Crippen LogP contribution in [0.15, 0.2) is 54.6 Å². The second-order valence-electron chi connectivity index (χ2n) is 8.51. The zero-order valence-corrected chi connectivity index (χ0v) is 18.3. The Balaban J connectivity index is 1.61. The second kappa shape index (κ2) is 9.20. The Hall–Kier alpha value is -2.70. The summed E-state index contributed by atoms with van der Waals surface area (Å²) < 4.78 is 5.62. The molecule has 2 heterocycles. The quantitative estimate of drug-likeness (QED) is 0.825. The predicted molar refractivity (Wildman–Crippen MR) is 120 cm³/mol. The molecule has 0 bridgehead atoms. The average molecular weight is 422 g/mol. The fourth-order valence-corrected chi connectivity index (χ4v) is 4.86. The van der Waals surface area contributed by atoms with E-state index >= 15 is 0 Å². The monoisotopic (exact) mass is 421 g/mol. The van der Waals surface area contributed by atoms with Crippen LogP contribution in [0.2, 0.25) is 0 Å². The fourth-order valence-electron chi connectivity index (χ4n) is 4.86. The molecule has 4 rings (SSSR count). The molecule has 164 valence electrons. The van der Waals surface area contributed by atoms with E-state index in [-0.39, 0.29) is 17.9 Å². The number of carbonyl (C=O) groups is 2. The lowest BCUT2D eigenvalue weighted by Crippen LogP contribution is -2.56. The number of amides is 2. The summed E-state index contributed by atoms with van der Waals surface area (Å²) in [5.41, 5.74) is 2.26. The van der Waals surface area contributed by atoms with Crippen LogP contribution in [0, 0.1) is 0 Å². The molecule has 2 saturated heterocycles. The van der Waals surface area contributed by atoms with Gasteiger partial charge in [-0.15, -0.1) is 0 Å². The van der Waals surface area contributed by atoms with Crippen molar-refractivity contribution in [3.05, 3.63) is 71.3 Å². The molecule has 0 unspecified atom stereocenters. The summed E-state index contributed by atoms with van der Waals surface area (Å²) in [7, 11) is 3.72. The van der Waals surface area contributed by atoms with Crippen molar-refractivity contribution in [1.29, 1.82) is 0 Å². The third-order valence-corrected chi connectivity index (χ3v) is 6.78. The zero-order chi connectivity index (χ0) is 21.8. The van der Waals surface area contributed by atoms with E-state index in [1.807, 2.05) is 47.4 Å². The minimum absolute atomic E-state index is 0.0509. The maximum absolute atomic E-state index is 14.0. The molecule has 0 aromatic heterocycles. The fraction of sp³-hybridized carbons (Fsp3) is 0.440. The van der Waals surface area contributed by atoms with Gasteiger partial charge in [-0.05, 0) is 43.1 Å². The first-order valence-electron chi connectivity index (χ1n) is 11.0. The Bertz CT molecular complexity index is 925. The second-order valence-corrected chi connectivity index (χ2v) is 8.51. The van der Waals surface area contributed by atoms with Crippen LogP contribution in [0.5, 0.6) is 0 Å². The molecule has 6 heteroatoms. The highest BCUT2D eigenvalue weighted by Crippen LogP contribution is 2.38. The van der Waals surface area contributed by atoms with Gasteiger partial charge in [0.2, 0.25) is 5.91 Å². The highest BCUT2D eigenvalue weighted by atomic mass is 16.5. The molecular weight excluding hydrogens is 390 g/mol. The Morgan fingerprint density at radius 3 is 2.48 bits per heavy atom. The third-order valence-electron chi connectivity index (χ3n) is 6.78. The summed E-state index contributed by atoms with van der Waals surface area (Å²) in [5, 5.41) is 2.69. The molecule has 2 aliphatic rings. The maximum Gasteiger partial charge on any atom is 0.251 e. The molecule has 2 aliphatic heterocycles. The van der Waals surface area contributed by atoms with E-state index in [0.29, 0.717) is 44.7 Å². The van der Waals surface area contributed by atoms with Crippen LogP contribution in [0.3, 0.4) is 0 Å². The number of likely N-dealkylation sites (N-methyl/N-ethyl adjacent to an activating group) is 1. The summed E-state index contributed by atoms with van der Waals surface area (Å²) >= 11 is 0. The summed E-state index contributed by atoms with van der Waals surface area (Å²) in [4.78, 5) is 30.4. The minimum Gasteiger partial charge on any atom is -0.381 e. The van der Waals surface area contributed by atoms with E-state index in [1.165, 1.54) is 0 Å². The van der Waals surface area contributed by atoms with Crippen LogP contribution in [0.4, 0.5) is 0 Å². The Morgan fingerprint density at radius 1 is 1.03 bits per heavy atom. The van der Waals surface area contributed by atoms with E-state index in [1.54, 1.807) is 7.05 Å². The molecule has 2 fully saturated rings. The van der Waals surface area contributed by atoms with Crippen molar-refractivity contribution in [2.45, 2.75) is 24.3 Å². The number of hydrogen-bond donors (Lipinski definition) is 1. The lowest BCUT2D eigenvalue weighted by Gasteiger charge is -2.45. The molecule has 1 N–H and O–H groups in total. The minimum atomic E-state index is -0.524. The van der Waals surface area contributed by atoms with Crippen LogP contribution < -0.4 is 5.32 Å². The van der Waals surface area contributed by atoms with Gasteiger partial charge < -0.3 is 15.0 Å². The van der Waals surface area contributed by atoms with Crippen LogP contribution >= 0.6 is 0 Å². The number of rotatable bonds is 4. The Labute approximate surface area is 184 Å². The first kappa shape index (κ1) is 21.5. The van der Waals surface area contributed by atoms with Gasteiger partial charge in [0.05, 0.1) is 11.5 Å². The van der Waals surface area contributed by atoms with Gasteiger partial charge in [-0.1, -0.05) is 42.5 Å². The third kappa shape index (κ3) is 4.23. The molecule has 2 aromatic carbocycles. The number of carbonyl (C=O) groups excluding carboxylic acids is 2. The van der Waals surface area contributed by atoms with Gasteiger partial charge in [0, 0.05) is 45.5 Å². The van der Waals surface area contributed by atoms with Crippen molar-refractivity contribution < 1.29 is 14.3 Å². The summed E-state index contributed by atoms with van der Waals surface area (Å²) in [6.45, 7) is 3.32. The van der Waals surface area contributed by atoms with Gasteiger partial charge in [-0.3, -0.25) is 14.5 Å². The number of nitrogens with one attached hydrogen (secondary N) is 1. The molecule has 0 aliphatic carbocycles. The number of piperazine rings is 1. The molecule has 0 radical (unpaired) electrons. The van der Waals surface area contributed by atoms with E-state index in [9.17, 15) is 9.59 Å². The molecule has 6 nitrogen and oxygen atoms in total. The van der Waals surface area contributed by atoms with Crippen LogP contribution in [-0.4, -0.2) is 68.6 Å². The molecule has 1 atom stereocenters. The topological polar surface area (TPSA) is 61.9 Å². The summed E-state index contributed by atoms with van der Waals surface area (Å²) in [5.74, 6) is 0.0982. The van der Waals surface area contributed by atoms with E-state index in [0.717, 1.165) is 17.7 Å². The molecule has 0 saturated carbocycles. The van der Waals surface area contributed by atoms with Gasteiger partial charge >= 0.3 is 0 Å². The van der Waals surface area contributed by atoms with Crippen LogP contribution in [0.25, 0.3) is 0 Å². The van der Waals surface area contributed by atoms with Crippen molar-refractivity contribution in [2.24, 2.45) is 0 Å². The first-order chi connectivity index (χ1) is 15.0. The molecular formula is C25H31N3O3. The van der Waals surface area contributed by atoms with E-state index in [2.05, 4.69) is 29.4 Å². The zero-order valence-electron chi connectivity index (χ0n) is 18.3.